The standard InChI is InChI=1S/C14H16N4O2/c1-8-12(14(16)19)13(15)18-11(17-8)7-9-5-3-4-6-10(9)20-2/h3-6H,7H2,1-2H3,(H2,16,19)(H2,15,17,18). The van der Waals surface area contributed by atoms with Crippen molar-refractivity contribution < 1.29 is 9.53 Å². The first-order valence-corrected chi connectivity index (χ1v) is 6.07. The van der Waals surface area contributed by atoms with Gasteiger partial charge in [-0.2, -0.15) is 0 Å². The van der Waals surface area contributed by atoms with Gasteiger partial charge < -0.3 is 16.2 Å². The fourth-order valence-electron chi connectivity index (χ4n) is 2.06. The third kappa shape index (κ3) is 2.69. The average Bonchev–Trinajstić information content (AvgIpc) is 2.38. The number of carbonyl (C=O) groups is 1. The van der Waals surface area contributed by atoms with E-state index in [1.54, 1.807) is 14.0 Å². The highest BCUT2D eigenvalue weighted by Crippen LogP contribution is 2.21. The number of rotatable bonds is 4. The van der Waals surface area contributed by atoms with Crippen LogP contribution in [-0.4, -0.2) is 23.0 Å². The summed E-state index contributed by atoms with van der Waals surface area (Å²) < 4.78 is 5.28. The Morgan fingerprint density at radius 2 is 2.00 bits per heavy atom. The van der Waals surface area contributed by atoms with E-state index < -0.39 is 5.91 Å². The van der Waals surface area contributed by atoms with Gasteiger partial charge in [-0.1, -0.05) is 18.2 Å². The number of aryl methyl sites for hydroxylation is 1. The van der Waals surface area contributed by atoms with E-state index in [9.17, 15) is 4.79 Å². The molecule has 0 aliphatic rings. The van der Waals surface area contributed by atoms with E-state index in [4.69, 9.17) is 16.2 Å². The smallest absolute Gasteiger partial charge is 0.254 e. The Morgan fingerprint density at radius 3 is 2.60 bits per heavy atom. The van der Waals surface area contributed by atoms with Crippen LogP contribution in [0.2, 0.25) is 0 Å². The number of aromatic nitrogens is 2. The lowest BCUT2D eigenvalue weighted by Gasteiger charge is -2.10. The zero-order chi connectivity index (χ0) is 14.7. The largest absolute Gasteiger partial charge is 0.496 e. The number of methoxy groups -OCH3 is 1. The predicted molar refractivity (Wildman–Crippen MR) is 75.5 cm³/mol. The molecule has 0 aliphatic carbocycles. The first-order valence-electron chi connectivity index (χ1n) is 6.07. The van der Waals surface area contributed by atoms with Gasteiger partial charge in [-0.05, 0) is 13.0 Å². The predicted octanol–water partition coefficient (Wildman–Crippen LogP) is 1.07. The van der Waals surface area contributed by atoms with Gasteiger partial charge in [0.2, 0.25) is 0 Å². The van der Waals surface area contributed by atoms with Crippen molar-refractivity contribution in [3.63, 3.8) is 0 Å². The third-order valence-corrected chi connectivity index (χ3v) is 2.95. The van der Waals surface area contributed by atoms with Crippen LogP contribution in [0, 0.1) is 6.92 Å². The molecule has 2 aromatic rings. The van der Waals surface area contributed by atoms with Crippen molar-refractivity contribution in [3.8, 4) is 5.75 Å². The Bertz CT molecular complexity index is 632. The first kappa shape index (κ1) is 13.8. The number of nitrogens with two attached hydrogens (primary N) is 2. The van der Waals surface area contributed by atoms with Gasteiger partial charge in [0.25, 0.3) is 5.91 Å². The number of primary amides is 1. The second-order valence-electron chi connectivity index (χ2n) is 4.34. The lowest BCUT2D eigenvalue weighted by molar-refractivity contribution is 0.1000. The van der Waals surface area contributed by atoms with Crippen molar-refractivity contribution in [2.24, 2.45) is 5.73 Å². The van der Waals surface area contributed by atoms with Crippen LogP contribution in [0.25, 0.3) is 0 Å². The van der Waals surface area contributed by atoms with Gasteiger partial charge in [0, 0.05) is 12.0 Å². The van der Waals surface area contributed by atoms with Gasteiger partial charge in [0.1, 0.15) is 23.0 Å². The zero-order valence-electron chi connectivity index (χ0n) is 11.4. The van der Waals surface area contributed by atoms with Crippen LogP contribution in [-0.2, 0) is 6.42 Å². The summed E-state index contributed by atoms with van der Waals surface area (Å²) in [6.45, 7) is 1.68. The fourth-order valence-corrected chi connectivity index (χ4v) is 2.06. The van der Waals surface area contributed by atoms with Crippen LogP contribution in [0.4, 0.5) is 5.82 Å². The number of nitrogens with zero attached hydrogens (tertiary/aromatic N) is 2. The summed E-state index contributed by atoms with van der Waals surface area (Å²) in [5.41, 5.74) is 12.6. The van der Waals surface area contributed by atoms with E-state index in [0.29, 0.717) is 17.9 Å². The minimum Gasteiger partial charge on any atom is -0.496 e. The van der Waals surface area contributed by atoms with E-state index in [0.717, 1.165) is 11.3 Å². The van der Waals surface area contributed by atoms with Crippen molar-refractivity contribution in [2.75, 3.05) is 12.8 Å². The molecule has 1 amide bonds. The average molecular weight is 272 g/mol. The molecule has 0 spiro atoms. The van der Waals surface area contributed by atoms with Crippen molar-refractivity contribution >= 4 is 11.7 Å². The Hall–Kier alpha value is -2.63. The van der Waals surface area contributed by atoms with Crippen molar-refractivity contribution in [1.29, 1.82) is 0 Å². The molecule has 1 aromatic carbocycles. The number of nitrogen functional groups attached to an aromatic ring is 1. The van der Waals surface area contributed by atoms with Gasteiger partial charge in [-0.15, -0.1) is 0 Å². The summed E-state index contributed by atoms with van der Waals surface area (Å²) in [6.07, 6.45) is 0.466. The molecule has 0 fully saturated rings. The lowest BCUT2D eigenvalue weighted by Crippen LogP contribution is -2.18. The number of hydrogen-bond acceptors (Lipinski definition) is 5. The highest BCUT2D eigenvalue weighted by molar-refractivity contribution is 5.98. The monoisotopic (exact) mass is 272 g/mol. The maximum absolute atomic E-state index is 11.3. The van der Waals surface area contributed by atoms with Crippen LogP contribution < -0.4 is 16.2 Å². The van der Waals surface area contributed by atoms with Crippen LogP contribution >= 0.6 is 0 Å². The van der Waals surface area contributed by atoms with Crippen molar-refractivity contribution in [1.82, 2.24) is 9.97 Å². The van der Waals surface area contributed by atoms with Crippen LogP contribution in [0.3, 0.4) is 0 Å². The Balaban J connectivity index is 2.38. The molecule has 0 saturated heterocycles. The summed E-state index contributed by atoms with van der Waals surface area (Å²) >= 11 is 0. The molecule has 1 heterocycles. The highest BCUT2D eigenvalue weighted by Gasteiger charge is 2.15. The molecule has 2 rings (SSSR count). The molecule has 6 heteroatoms. The summed E-state index contributed by atoms with van der Waals surface area (Å²) in [5, 5.41) is 0. The van der Waals surface area contributed by atoms with E-state index in [2.05, 4.69) is 9.97 Å². The number of carbonyl (C=O) groups excluding carboxylic acids is 1. The number of amides is 1. The minimum atomic E-state index is -0.621. The Kier molecular flexibility index (Phi) is 3.84. The molecular weight excluding hydrogens is 256 g/mol. The second kappa shape index (κ2) is 5.56. The maximum atomic E-state index is 11.3. The van der Waals surface area contributed by atoms with Crippen molar-refractivity contribution in [2.45, 2.75) is 13.3 Å². The van der Waals surface area contributed by atoms with E-state index in [1.807, 2.05) is 24.3 Å². The van der Waals surface area contributed by atoms with Crippen LogP contribution in [0.15, 0.2) is 24.3 Å². The van der Waals surface area contributed by atoms with Gasteiger partial charge in [0.05, 0.1) is 12.8 Å². The topological polar surface area (TPSA) is 104 Å². The lowest BCUT2D eigenvalue weighted by atomic mass is 10.1. The summed E-state index contributed by atoms with van der Waals surface area (Å²) in [7, 11) is 1.61. The summed E-state index contributed by atoms with van der Waals surface area (Å²) in [5.74, 6) is 0.763. The number of para-hydroxylation sites is 1. The van der Waals surface area contributed by atoms with E-state index in [1.165, 1.54) is 0 Å². The van der Waals surface area contributed by atoms with Crippen LogP contribution in [0.5, 0.6) is 5.75 Å². The molecule has 20 heavy (non-hydrogen) atoms. The molecule has 0 unspecified atom stereocenters. The first-order chi connectivity index (χ1) is 9.52. The quantitative estimate of drug-likeness (QED) is 0.866. The number of hydrogen-bond donors (Lipinski definition) is 2. The van der Waals surface area contributed by atoms with E-state index in [-0.39, 0.29) is 11.4 Å². The molecule has 0 radical (unpaired) electrons. The zero-order valence-corrected chi connectivity index (χ0v) is 11.4. The number of anilines is 1. The van der Waals surface area contributed by atoms with Gasteiger partial charge in [0.15, 0.2) is 0 Å². The maximum Gasteiger partial charge on any atom is 0.254 e. The van der Waals surface area contributed by atoms with Crippen LogP contribution in [0.1, 0.15) is 27.4 Å². The molecular formula is C14H16N4O2. The van der Waals surface area contributed by atoms with Gasteiger partial charge >= 0.3 is 0 Å². The molecule has 104 valence electrons. The molecule has 0 bridgehead atoms. The van der Waals surface area contributed by atoms with Crippen molar-refractivity contribution in [3.05, 3.63) is 46.9 Å². The number of benzene rings is 1. The summed E-state index contributed by atoms with van der Waals surface area (Å²) in [4.78, 5) is 19.7. The SMILES string of the molecule is COc1ccccc1Cc1nc(C)c(C(N)=O)c(N)n1. The second-order valence-corrected chi connectivity index (χ2v) is 4.34. The highest BCUT2D eigenvalue weighted by atomic mass is 16.5. The van der Waals surface area contributed by atoms with Gasteiger partial charge in [-0.3, -0.25) is 4.79 Å². The number of ether oxygens (including phenoxy) is 1. The van der Waals surface area contributed by atoms with Gasteiger partial charge in [-0.25, -0.2) is 9.97 Å². The van der Waals surface area contributed by atoms with E-state index >= 15 is 0 Å². The summed E-state index contributed by atoms with van der Waals surface area (Å²) in [6, 6.07) is 7.59. The minimum absolute atomic E-state index is 0.106. The Morgan fingerprint density at radius 1 is 1.30 bits per heavy atom. The molecule has 1 aromatic heterocycles. The molecule has 0 aliphatic heterocycles. The molecule has 0 saturated carbocycles. The normalized spacial score (nSPS) is 10.3. The molecule has 0 atom stereocenters. The molecule has 6 nitrogen and oxygen atoms in total. The fraction of sp³-hybridized carbons (Fsp3) is 0.214. The molecule has 4 N–H and O–H groups in total. The third-order valence-electron chi connectivity index (χ3n) is 2.95. The Labute approximate surface area is 116 Å².